The van der Waals surface area contributed by atoms with Gasteiger partial charge in [-0.1, -0.05) is 0 Å². The molecule has 0 aromatic heterocycles. The van der Waals surface area contributed by atoms with Crippen LogP contribution in [0.3, 0.4) is 0 Å². The third-order valence-corrected chi connectivity index (χ3v) is 3.65. The highest BCUT2D eigenvalue weighted by molar-refractivity contribution is 5.97. The molecule has 10 heteroatoms. The number of carbonyl (C=O) groups is 3. The fourth-order valence-electron chi connectivity index (χ4n) is 2.38. The Balaban J connectivity index is 3.00. The number of alkyl halides is 1. The molecule has 160 valence electrons. The average Bonchev–Trinajstić information content (AvgIpc) is 2.59. The first-order chi connectivity index (χ1) is 13.4. The van der Waals surface area contributed by atoms with Gasteiger partial charge in [0.05, 0.1) is 17.1 Å². The van der Waals surface area contributed by atoms with E-state index in [1.165, 1.54) is 19.1 Å². The minimum absolute atomic E-state index is 0.0376. The zero-order valence-electron chi connectivity index (χ0n) is 16.9. The van der Waals surface area contributed by atoms with Crippen molar-refractivity contribution in [3.63, 3.8) is 0 Å². The van der Waals surface area contributed by atoms with Crippen molar-refractivity contribution in [1.29, 1.82) is 0 Å². The Morgan fingerprint density at radius 3 is 2.14 bits per heavy atom. The lowest BCUT2D eigenvalue weighted by Crippen LogP contribution is -2.45. The second kappa shape index (κ2) is 10.5. The van der Waals surface area contributed by atoms with Crippen molar-refractivity contribution in [2.75, 3.05) is 0 Å². The molecule has 0 aliphatic rings. The summed E-state index contributed by atoms with van der Waals surface area (Å²) in [5.74, 6) is -2.83. The van der Waals surface area contributed by atoms with E-state index in [1.807, 2.05) is 0 Å². The largest absolute Gasteiger partial charge is 0.461 e. The summed E-state index contributed by atoms with van der Waals surface area (Å²) in [5, 5.41) is 13.2. The molecule has 0 heterocycles. The summed E-state index contributed by atoms with van der Waals surface area (Å²) in [7, 11) is 0. The molecule has 1 N–H and O–H groups in total. The van der Waals surface area contributed by atoms with Gasteiger partial charge >= 0.3 is 11.9 Å². The number of hydrogen-bond acceptors (Lipinski definition) is 7. The summed E-state index contributed by atoms with van der Waals surface area (Å²) in [4.78, 5) is 46.8. The molecule has 0 radical (unpaired) electrons. The van der Waals surface area contributed by atoms with E-state index in [-0.39, 0.29) is 16.8 Å². The summed E-state index contributed by atoms with van der Waals surface area (Å²) in [6.45, 7) is 7.72. The van der Waals surface area contributed by atoms with E-state index in [1.54, 1.807) is 27.7 Å². The molecule has 0 spiro atoms. The Kier molecular flexibility index (Phi) is 8.68. The number of nitro benzene ring substituents is 1. The normalized spacial score (nSPS) is 13.0. The maximum Gasteiger partial charge on any atom is 0.341 e. The monoisotopic (exact) mass is 412 g/mol. The molecule has 1 aromatic rings. The van der Waals surface area contributed by atoms with Crippen LogP contribution in [-0.4, -0.2) is 47.2 Å². The molecule has 0 aliphatic heterocycles. The smallest absolute Gasteiger partial charge is 0.341 e. The number of rotatable bonds is 9. The van der Waals surface area contributed by atoms with E-state index in [9.17, 15) is 28.9 Å². The highest BCUT2D eigenvalue weighted by atomic mass is 19.1. The second-order valence-corrected chi connectivity index (χ2v) is 6.96. The van der Waals surface area contributed by atoms with Crippen molar-refractivity contribution < 1.29 is 33.2 Å². The molecule has 2 atom stereocenters. The van der Waals surface area contributed by atoms with Crippen LogP contribution in [0.2, 0.25) is 0 Å². The highest BCUT2D eigenvalue weighted by Crippen LogP contribution is 2.19. The van der Waals surface area contributed by atoms with Crippen LogP contribution in [0.4, 0.5) is 10.1 Å². The summed E-state index contributed by atoms with van der Waals surface area (Å²) in [5.41, 5.74) is 0.112. The van der Waals surface area contributed by atoms with Crippen LogP contribution < -0.4 is 5.32 Å². The van der Waals surface area contributed by atoms with Crippen LogP contribution in [0.5, 0.6) is 0 Å². The molecular formula is C19H25FN2O7. The van der Waals surface area contributed by atoms with Crippen molar-refractivity contribution in [3.8, 4) is 0 Å². The summed E-state index contributed by atoms with van der Waals surface area (Å²) < 4.78 is 24.1. The first kappa shape index (κ1) is 24.0. The lowest BCUT2D eigenvalue weighted by Gasteiger charge is -2.21. The zero-order chi connectivity index (χ0) is 22.3. The molecule has 0 bridgehead atoms. The number of hydrogen-bond donors (Lipinski definition) is 1. The zero-order valence-corrected chi connectivity index (χ0v) is 16.9. The van der Waals surface area contributed by atoms with Gasteiger partial charge in [-0.05, 0) is 46.8 Å². The first-order valence-corrected chi connectivity index (χ1v) is 9.03. The number of amides is 1. The minimum Gasteiger partial charge on any atom is -0.461 e. The van der Waals surface area contributed by atoms with Crippen molar-refractivity contribution in [1.82, 2.24) is 5.32 Å². The third-order valence-electron chi connectivity index (χ3n) is 3.65. The van der Waals surface area contributed by atoms with E-state index in [4.69, 9.17) is 9.47 Å². The van der Waals surface area contributed by atoms with Gasteiger partial charge in [0, 0.05) is 23.6 Å². The predicted molar refractivity (Wildman–Crippen MR) is 101 cm³/mol. The van der Waals surface area contributed by atoms with E-state index in [2.05, 4.69) is 5.32 Å². The lowest BCUT2D eigenvalue weighted by atomic mass is 10.1. The van der Waals surface area contributed by atoms with Crippen LogP contribution in [0.1, 0.15) is 50.0 Å². The molecule has 1 amide bonds. The number of nitrogens with one attached hydrogen (secondary N) is 1. The minimum atomic E-state index is -2.15. The van der Waals surface area contributed by atoms with E-state index >= 15 is 0 Å². The van der Waals surface area contributed by atoms with E-state index in [0.29, 0.717) is 0 Å². The molecule has 0 saturated carbocycles. The van der Waals surface area contributed by atoms with Crippen molar-refractivity contribution >= 4 is 23.5 Å². The molecule has 1 rings (SSSR count). The predicted octanol–water partition coefficient (Wildman–Crippen LogP) is 2.63. The Morgan fingerprint density at radius 2 is 1.66 bits per heavy atom. The van der Waals surface area contributed by atoms with Gasteiger partial charge in [-0.3, -0.25) is 14.9 Å². The molecule has 1 aromatic carbocycles. The number of carbonyl (C=O) groups excluding carboxylic acids is 3. The van der Waals surface area contributed by atoms with Gasteiger partial charge in [0.1, 0.15) is 6.04 Å². The Labute approximate surface area is 167 Å². The second-order valence-electron chi connectivity index (χ2n) is 6.96. The summed E-state index contributed by atoms with van der Waals surface area (Å²) >= 11 is 0. The van der Waals surface area contributed by atoms with Gasteiger partial charge in [-0.25, -0.2) is 14.0 Å². The van der Waals surface area contributed by atoms with Gasteiger partial charge in [-0.2, -0.15) is 0 Å². The molecule has 9 nitrogen and oxygen atoms in total. The topological polar surface area (TPSA) is 125 Å². The quantitative estimate of drug-likeness (QED) is 0.375. The third kappa shape index (κ3) is 7.47. The van der Waals surface area contributed by atoms with Crippen LogP contribution >= 0.6 is 0 Å². The van der Waals surface area contributed by atoms with Gasteiger partial charge in [0.2, 0.25) is 0 Å². The molecular weight excluding hydrogens is 387 g/mol. The van der Waals surface area contributed by atoms with Crippen molar-refractivity contribution in [3.05, 3.63) is 39.4 Å². The van der Waals surface area contributed by atoms with Gasteiger partial charge in [-0.15, -0.1) is 0 Å². The fraction of sp³-hybridized carbons (Fsp3) is 0.526. The molecule has 0 saturated heterocycles. The maximum atomic E-state index is 14.3. The molecule has 0 aliphatic carbocycles. The van der Waals surface area contributed by atoms with E-state index < -0.39 is 53.6 Å². The SMILES string of the molecule is Cc1cc(C(=O)N[C@@H](C[C@@H](F)C(=O)OC(C)C)C(=O)OC(C)C)ccc1[N+](=O)[O-]. The van der Waals surface area contributed by atoms with Crippen LogP contribution in [0, 0.1) is 17.0 Å². The maximum absolute atomic E-state index is 14.3. The van der Waals surface area contributed by atoms with Gasteiger partial charge in [0.25, 0.3) is 11.6 Å². The lowest BCUT2D eigenvalue weighted by molar-refractivity contribution is -0.385. The number of nitrogens with zero attached hydrogens (tertiary/aromatic N) is 1. The number of halogens is 1. The van der Waals surface area contributed by atoms with Crippen LogP contribution in [0.15, 0.2) is 18.2 Å². The van der Waals surface area contributed by atoms with E-state index in [0.717, 1.165) is 6.07 Å². The summed E-state index contributed by atoms with van der Waals surface area (Å²) in [6.07, 6.45) is -3.89. The highest BCUT2D eigenvalue weighted by Gasteiger charge is 2.32. The van der Waals surface area contributed by atoms with Crippen molar-refractivity contribution in [2.24, 2.45) is 0 Å². The number of aryl methyl sites for hydroxylation is 1. The molecule has 0 fully saturated rings. The Bertz CT molecular complexity index is 780. The van der Waals surface area contributed by atoms with Gasteiger partial charge in [0.15, 0.2) is 6.17 Å². The van der Waals surface area contributed by atoms with Gasteiger partial charge < -0.3 is 14.8 Å². The van der Waals surface area contributed by atoms with Crippen molar-refractivity contribution in [2.45, 2.75) is 65.5 Å². The summed E-state index contributed by atoms with van der Waals surface area (Å²) in [6, 6.07) is 2.20. The van der Waals surface area contributed by atoms with Crippen LogP contribution in [-0.2, 0) is 19.1 Å². The molecule has 29 heavy (non-hydrogen) atoms. The number of nitro groups is 1. The fourth-order valence-corrected chi connectivity index (χ4v) is 2.38. The average molecular weight is 412 g/mol. The Morgan fingerprint density at radius 1 is 1.10 bits per heavy atom. The Hall–Kier alpha value is -3.04. The number of esters is 2. The first-order valence-electron chi connectivity index (χ1n) is 9.03. The molecule has 0 unspecified atom stereocenters. The standard InChI is InChI=1S/C19H25FN2O7/c1-10(2)28-18(24)14(20)9-15(19(25)29-11(3)4)21-17(23)13-6-7-16(22(26)27)12(5)8-13/h6-8,10-11,14-15H,9H2,1-5H3,(H,21,23)/t14-,15+/m1/s1. The van der Waals surface area contributed by atoms with Crippen LogP contribution in [0.25, 0.3) is 0 Å². The number of benzene rings is 1. The number of ether oxygens (including phenoxy) is 2.